The molecule has 0 radical (unpaired) electrons. The van der Waals surface area contributed by atoms with E-state index in [1.54, 1.807) is 0 Å². The first kappa shape index (κ1) is 14.3. The molecule has 5 heteroatoms. The van der Waals surface area contributed by atoms with E-state index in [2.05, 4.69) is 4.90 Å². The SMILES string of the molecule is NC(=S)CN(Cc1cc(F)cc(F)c1)C1CCCC1. The van der Waals surface area contributed by atoms with Crippen molar-refractivity contribution in [2.24, 2.45) is 5.73 Å². The summed E-state index contributed by atoms with van der Waals surface area (Å²) < 4.78 is 26.4. The molecule has 0 unspecified atom stereocenters. The summed E-state index contributed by atoms with van der Waals surface area (Å²) in [7, 11) is 0. The van der Waals surface area contributed by atoms with Crippen molar-refractivity contribution in [3.05, 3.63) is 35.4 Å². The zero-order chi connectivity index (χ0) is 13.8. The first-order valence-corrected chi connectivity index (χ1v) is 6.93. The lowest BCUT2D eigenvalue weighted by Crippen LogP contribution is -2.38. The number of hydrogen-bond donors (Lipinski definition) is 1. The Morgan fingerprint density at radius 2 is 1.79 bits per heavy atom. The normalized spacial score (nSPS) is 16.2. The van der Waals surface area contributed by atoms with Crippen molar-refractivity contribution in [2.75, 3.05) is 6.54 Å². The van der Waals surface area contributed by atoms with Crippen molar-refractivity contribution in [3.63, 3.8) is 0 Å². The van der Waals surface area contributed by atoms with Gasteiger partial charge in [0.2, 0.25) is 0 Å². The Balaban J connectivity index is 2.11. The highest BCUT2D eigenvalue weighted by molar-refractivity contribution is 7.80. The maximum atomic E-state index is 13.2. The number of rotatable bonds is 5. The van der Waals surface area contributed by atoms with E-state index in [1.807, 2.05) is 0 Å². The van der Waals surface area contributed by atoms with E-state index in [1.165, 1.54) is 25.0 Å². The van der Waals surface area contributed by atoms with E-state index in [0.29, 0.717) is 29.7 Å². The fourth-order valence-electron chi connectivity index (χ4n) is 2.72. The smallest absolute Gasteiger partial charge is 0.126 e. The number of nitrogens with zero attached hydrogens (tertiary/aromatic N) is 1. The van der Waals surface area contributed by atoms with Crippen LogP contribution in [0, 0.1) is 11.6 Å². The van der Waals surface area contributed by atoms with Gasteiger partial charge in [-0.3, -0.25) is 4.90 Å². The summed E-state index contributed by atoms with van der Waals surface area (Å²) in [5.74, 6) is -1.09. The van der Waals surface area contributed by atoms with Crippen LogP contribution in [0.4, 0.5) is 8.78 Å². The number of nitrogens with two attached hydrogens (primary N) is 1. The minimum Gasteiger partial charge on any atom is -0.392 e. The molecule has 0 atom stereocenters. The summed E-state index contributed by atoms with van der Waals surface area (Å²) in [6.45, 7) is 0.981. The van der Waals surface area contributed by atoms with Gasteiger partial charge in [-0.1, -0.05) is 25.1 Å². The number of benzene rings is 1. The van der Waals surface area contributed by atoms with E-state index in [-0.39, 0.29) is 0 Å². The van der Waals surface area contributed by atoms with Gasteiger partial charge in [-0.05, 0) is 30.5 Å². The van der Waals surface area contributed by atoms with Crippen molar-refractivity contribution >= 4 is 17.2 Å². The van der Waals surface area contributed by atoms with E-state index in [4.69, 9.17) is 18.0 Å². The van der Waals surface area contributed by atoms with Gasteiger partial charge in [0.05, 0.1) is 4.99 Å². The molecule has 1 aliphatic rings. The van der Waals surface area contributed by atoms with E-state index < -0.39 is 11.6 Å². The highest BCUT2D eigenvalue weighted by atomic mass is 32.1. The lowest BCUT2D eigenvalue weighted by atomic mass is 10.1. The highest BCUT2D eigenvalue weighted by Crippen LogP contribution is 2.25. The molecule has 1 aromatic carbocycles. The summed E-state index contributed by atoms with van der Waals surface area (Å²) in [5, 5.41) is 0. The highest BCUT2D eigenvalue weighted by Gasteiger charge is 2.23. The molecule has 0 spiro atoms. The molecule has 0 aromatic heterocycles. The van der Waals surface area contributed by atoms with Crippen molar-refractivity contribution in [2.45, 2.75) is 38.3 Å². The predicted molar refractivity (Wildman–Crippen MR) is 75.8 cm³/mol. The molecule has 104 valence electrons. The molecule has 0 bridgehead atoms. The van der Waals surface area contributed by atoms with Gasteiger partial charge in [0.15, 0.2) is 0 Å². The Bertz CT molecular complexity index is 439. The minimum atomic E-state index is -0.545. The second-order valence-corrected chi connectivity index (χ2v) is 5.61. The molecule has 1 aliphatic carbocycles. The molecule has 0 saturated heterocycles. The second kappa shape index (κ2) is 6.39. The van der Waals surface area contributed by atoms with Gasteiger partial charge in [-0.15, -0.1) is 0 Å². The van der Waals surface area contributed by atoms with Crippen LogP contribution < -0.4 is 5.73 Å². The van der Waals surface area contributed by atoms with E-state index in [0.717, 1.165) is 18.9 Å². The zero-order valence-corrected chi connectivity index (χ0v) is 11.6. The van der Waals surface area contributed by atoms with Crippen LogP contribution in [0.3, 0.4) is 0 Å². The summed E-state index contributed by atoms with van der Waals surface area (Å²) in [4.78, 5) is 2.55. The maximum absolute atomic E-state index is 13.2. The number of thiocarbonyl (C=S) groups is 1. The summed E-state index contributed by atoms with van der Waals surface area (Å²) in [5.41, 5.74) is 6.24. The van der Waals surface area contributed by atoms with Crippen molar-refractivity contribution in [1.29, 1.82) is 0 Å². The fraction of sp³-hybridized carbons (Fsp3) is 0.500. The van der Waals surface area contributed by atoms with Gasteiger partial charge in [0.25, 0.3) is 0 Å². The van der Waals surface area contributed by atoms with Crippen molar-refractivity contribution < 1.29 is 8.78 Å². The Morgan fingerprint density at radius 3 is 2.32 bits per heavy atom. The summed E-state index contributed by atoms with van der Waals surface area (Å²) >= 11 is 4.96. The Morgan fingerprint density at radius 1 is 1.21 bits per heavy atom. The summed E-state index contributed by atoms with van der Waals surface area (Å²) in [6, 6.07) is 4.03. The molecule has 2 rings (SSSR count). The van der Waals surface area contributed by atoms with Gasteiger partial charge in [-0.25, -0.2) is 8.78 Å². The molecule has 0 aliphatic heterocycles. The average Bonchev–Trinajstić information content (AvgIpc) is 2.79. The molecular formula is C14H18F2N2S. The van der Waals surface area contributed by atoms with Gasteiger partial charge >= 0.3 is 0 Å². The van der Waals surface area contributed by atoms with Crippen LogP contribution in [0.2, 0.25) is 0 Å². The first-order valence-electron chi connectivity index (χ1n) is 6.52. The Hall–Kier alpha value is -1.07. The van der Waals surface area contributed by atoms with Crippen LogP contribution in [-0.2, 0) is 6.54 Å². The average molecular weight is 284 g/mol. The topological polar surface area (TPSA) is 29.3 Å². The maximum Gasteiger partial charge on any atom is 0.126 e. The molecule has 0 heterocycles. The fourth-order valence-corrected chi connectivity index (χ4v) is 2.89. The van der Waals surface area contributed by atoms with Gasteiger partial charge in [-0.2, -0.15) is 0 Å². The molecule has 0 amide bonds. The van der Waals surface area contributed by atoms with Crippen LogP contribution in [0.5, 0.6) is 0 Å². The summed E-state index contributed by atoms with van der Waals surface area (Å²) in [6.07, 6.45) is 4.58. The van der Waals surface area contributed by atoms with Crippen LogP contribution in [0.25, 0.3) is 0 Å². The minimum absolute atomic E-state index is 0.410. The predicted octanol–water partition coefficient (Wildman–Crippen LogP) is 3.00. The Labute approximate surface area is 117 Å². The largest absolute Gasteiger partial charge is 0.392 e. The molecular weight excluding hydrogens is 266 g/mol. The zero-order valence-electron chi connectivity index (χ0n) is 10.7. The third kappa shape index (κ3) is 4.21. The van der Waals surface area contributed by atoms with Crippen LogP contribution in [-0.4, -0.2) is 22.5 Å². The third-order valence-electron chi connectivity index (χ3n) is 3.51. The number of halogens is 2. The quantitative estimate of drug-likeness (QED) is 0.843. The molecule has 1 aromatic rings. The van der Waals surface area contributed by atoms with Crippen molar-refractivity contribution in [3.8, 4) is 0 Å². The number of hydrogen-bond acceptors (Lipinski definition) is 2. The van der Waals surface area contributed by atoms with Crippen LogP contribution in [0.1, 0.15) is 31.2 Å². The molecule has 2 nitrogen and oxygen atoms in total. The third-order valence-corrected chi connectivity index (χ3v) is 3.64. The van der Waals surface area contributed by atoms with Crippen LogP contribution in [0.15, 0.2) is 18.2 Å². The molecule has 1 saturated carbocycles. The van der Waals surface area contributed by atoms with E-state index >= 15 is 0 Å². The van der Waals surface area contributed by atoms with E-state index in [9.17, 15) is 8.78 Å². The standard InChI is InChI=1S/C14H18F2N2S/c15-11-5-10(6-12(16)7-11)8-18(9-14(17)19)13-3-1-2-4-13/h5-7,13H,1-4,8-9H2,(H2,17,19). The first-order chi connectivity index (χ1) is 9.04. The van der Waals surface area contributed by atoms with Gasteiger partial charge < -0.3 is 5.73 Å². The molecule has 19 heavy (non-hydrogen) atoms. The molecule has 2 N–H and O–H groups in total. The lowest BCUT2D eigenvalue weighted by molar-refractivity contribution is 0.218. The lowest BCUT2D eigenvalue weighted by Gasteiger charge is -2.28. The van der Waals surface area contributed by atoms with Gasteiger partial charge in [0.1, 0.15) is 11.6 Å². The monoisotopic (exact) mass is 284 g/mol. The van der Waals surface area contributed by atoms with Crippen molar-refractivity contribution in [1.82, 2.24) is 4.90 Å². The molecule has 1 fully saturated rings. The Kier molecular flexibility index (Phi) is 4.82. The second-order valence-electron chi connectivity index (χ2n) is 5.09. The van der Waals surface area contributed by atoms with Crippen LogP contribution >= 0.6 is 12.2 Å². The van der Waals surface area contributed by atoms with Gasteiger partial charge in [0, 0.05) is 25.2 Å².